The molecule has 4 aliphatic carbocycles. The molecule has 0 radical (unpaired) electrons. The Balaban J connectivity index is 0.859. The predicted octanol–water partition coefficient (Wildman–Crippen LogP) is 5.84. The van der Waals surface area contributed by atoms with Crippen molar-refractivity contribution >= 4 is 45.9 Å². The number of hydrogen-bond acceptors (Lipinski definition) is 10. The minimum Gasteiger partial charge on any atom is -0.461 e. The van der Waals surface area contributed by atoms with Gasteiger partial charge in [0.25, 0.3) is 0 Å². The molecule has 0 saturated heterocycles. The van der Waals surface area contributed by atoms with Crippen LogP contribution in [0.15, 0.2) is 84.7 Å². The van der Waals surface area contributed by atoms with Gasteiger partial charge in [-0.15, -0.1) is 0 Å². The number of amides is 1. The van der Waals surface area contributed by atoms with Gasteiger partial charge in [-0.1, -0.05) is 48.9 Å². The summed E-state index contributed by atoms with van der Waals surface area (Å²) < 4.78 is 27.9. The highest BCUT2D eigenvalue weighted by Crippen LogP contribution is 2.69. The van der Waals surface area contributed by atoms with E-state index in [1.165, 1.54) is 12.2 Å². The second-order valence-corrected chi connectivity index (χ2v) is 16.2. The van der Waals surface area contributed by atoms with Crippen molar-refractivity contribution in [3.8, 4) is 0 Å². The molecule has 3 saturated carbocycles. The second kappa shape index (κ2) is 15.5. The first-order valence-corrected chi connectivity index (χ1v) is 19.4. The Labute approximate surface area is 324 Å². The highest BCUT2D eigenvalue weighted by Gasteiger charge is 2.70. The van der Waals surface area contributed by atoms with Crippen LogP contribution in [0.1, 0.15) is 75.8 Å². The third kappa shape index (κ3) is 7.09. The van der Waals surface area contributed by atoms with E-state index in [9.17, 15) is 29.1 Å². The molecule has 1 aromatic heterocycles. The Morgan fingerprint density at radius 2 is 1.73 bits per heavy atom. The van der Waals surface area contributed by atoms with Crippen LogP contribution in [0.5, 0.6) is 0 Å². The normalized spacial score (nSPS) is 29.7. The molecule has 3 aromatic rings. The molecule has 2 aromatic carbocycles. The fraction of sp³-hybridized carbons (Fsp3) is 0.455. The van der Waals surface area contributed by atoms with Gasteiger partial charge in [0.05, 0.1) is 24.9 Å². The summed E-state index contributed by atoms with van der Waals surface area (Å²) in [5.74, 6) is -3.79. The lowest BCUT2D eigenvalue weighted by molar-refractivity contribution is -0.196. The predicted molar refractivity (Wildman–Crippen MR) is 205 cm³/mol. The number of fused-ring (bicyclic) bond motifs is 6. The number of aliphatic hydroxyl groups is 1. The fourth-order valence-corrected chi connectivity index (χ4v) is 10.1. The van der Waals surface area contributed by atoms with Crippen molar-refractivity contribution in [1.29, 1.82) is 0 Å². The van der Waals surface area contributed by atoms with E-state index in [0.717, 1.165) is 10.8 Å². The number of hydrogen-bond donors (Lipinski definition) is 3. The van der Waals surface area contributed by atoms with E-state index >= 15 is 4.39 Å². The van der Waals surface area contributed by atoms with Crippen molar-refractivity contribution in [2.45, 2.75) is 83.1 Å². The quantitative estimate of drug-likeness (QED) is 0.190. The van der Waals surface area contributed by atoms with E-state index in [1.54, 1.807) is 49.7 Å². The lowest BCUT2D eigenvalue weighted by atomic mass is 9.45. The first-order chi connectivity index (χ1) is 26.8. The molecule has 56 heavy (non-hydrogen) atoms. The van der Waals surface area contributed by atoms with Crippen LogP contribution in [0.2, 0.25) is 0 Å². The fourth-order valence-electron chi connectivity index (χ4n) is 10.1. The van der Waals surface area contributed by atoms with Gasteiger partial charge in [0.1, 0.15) is 13.2 Å². The van der Waals surface area contributed by atoms with Gasteiger partial charge in [0, 0.05) is 47.3 Å². The standard InChI is InChI=1S/C44H48FN3O8/c1-42-21-38(51)44(45)35(10-8-30-20-32(49)15-17-43(30,44)2)34(42)11-12-36(42)37(50)25-56-40(53)14-13-39(52)55-24-26-3-5-27(6-4-26)33(22-46)41(54)48-31-9-7-29-23-47-18-16-28(29)19-31/h3-7,9,15-20,23,33-36,38,51H,8,10-14,21-22,24-25,46H2,1-2H3,(H,48,54)/t33-,34+,35+,36-,38+,42+,43+,44+/m1/s1. The Morgan fingerprint density at radius 3 is 2.48 bits per heavy atom. The molecule has 0 bridgehead atoms. The van der Waals surface area contributed by atoms with Crippen LogP contribution >= 0.6 is 0 Å². The Bertz CT molecular complexity index is 2120. The smallest absolute Gasteiger partial charge is 0.306 e. The van der Waals surface area contributed by atoms with Gasteiger partial charge in [-0.25, -0.2) is 4.39 Å². The summed E-state index contributed by atoms with van der Waals surface area (Å²) in [4.78, 5) is 67.8. The van der Waals surface area contributed by atoms with Crippen LogP contribution < -0.4 is 11.1 Å². The van der Waals surface area contributed by atoms with Gasteiger partial charge in [-0.05, 0) is 97.2 Å². The van der Waals surface area contributed by atoms with Crippen molar-refractivity contribution < 1.29 is 42.9 Å². The molecule has 11 nitrogen and oxygen atoms in total. The van der Waals surface area contributed by atoms with Crippen LogP contribution in [0, 0.1) is 28.6 Å². The van der Waals surface area contributed by atoms with Crippen molar-refractivity contribution in [3.63, 3.8) is 0 Å². The lowest BCUT2D eigenvalue weighted by Crippen LogP contribution is -2.66. The molecule has 8 atom stereocenters. The molecule has 1 heterocycles. The number of pyridine rings is 1. The maximum Gasteiger partial charge on any atom is 0.306 e. The molecule has 4 aliphatic rings. The van der Waals surface area contributed by atoms with E-state index < -0.39 is 58.9 Å². The number of halogens is 1. The monoisotopic (exact) mass is 765 g/mol. The molecule has 3 fully saturated rings. The van der Waals surface area contributed by atoms with Crippen molar-refractivity contribution in [3.05, 3.63) is 95.9 Å². The van der Waals surface area contributed by atoms with Gasteiger partial charge in [0.15, 0.2) is 17.2 Å². The number of aliphatic hydroxyl groups excluding tert-OH is 1. The summed E-state index contributed by atoms with van der Waals surface area (Å²) in [6.07, 6.45) is 8.32. The third-order valence-electron chi connectivity index (χ3n) is 13.2. The number of Topliss-reactive ketones (excluding diaryl/α,β-unsaturated/α-hetero) is 1. The highest BCUT2D eigenvalue weighted by molar-refractivity contribution is 6.01. The molecule has 4 N–H and O–H groups in total. The van der Waals surface area contributed by atoms with E-state index in [-0.39, 0.29) is 55.8 Å². The van der Waals surface area contributed by atoms with Gasteiger partial charge in [-0.3, -0.25) is 29.0 Å². The number of nitrogens with two attached hydrogens (primary N) is 1. The van der Waals surface area contributed by atoms with Crippen LogP contribution in [0.3, 0.4) is 0 Å². The number of allylic oxidation sites excluding steroid dienone is 4. The third-order valence-corrected chi connectivity index (χ3v) is 13.2. The minimum absolute atomic E-state index is 0.0440. The van der Waals surface area contributed by atoms with Crippen LogP contribution in [0.4, 0.5) is 10.1 Å². The zero-order valence-corrected chi connectivity index (χ0v) is 31.7. The first-order valence-electron chi connectivity index (χ1n) is 19.4. The zero-order valence-electron chi connectivity index (χ0n) is 31.7. The molecule has 1 amide bonds. The molecule has 0 aliphatic heterocycles. The van der Waals surface area contributed by atoms with E-state index in [4.69, 9.17) is 15.2 Å². The summed E-state index contributed by atoms with van der Waals surface area (Å²) in [5.41, 5.74) is 4.97. The van der Waals surface area contributed by atoms with Gasteiger partial charge < -0.3 is 25.6 Å². The number of carbonyl (C=O) groups excluding carboxylic acids is 5. The summed E-state index contributed by atoms with van der Waals surface area (Å²) in [7, 11) is 0. The van der Waals surface area contributed by atoms with Crippen molar-refractivity contribution in [1.82, 2.24) is 4.98 Å². The van der Waals surface area contributed by atoms with Crippen LogP contribution in [-0.4, -0.2) is 64.4 Å². The molecule has 7 rings (SSSR count). The van der Waals surface area contributed by atoms with E-state index in [2.05, 4.69) is 10.3 Å². The van der Waals surface area contributed by atoms with Crippen LogP contribution in [0.25, 0.3) is 10.8 Å². The largest absolute Gasteiger partial charge is 0.461 e. The summed E-state index contributed by atoms with van der Waals surface area (Å²) in [6, 6.07) is 14.4. The highest BCUT2D eigenvalue weighted by atomic mass is 19.1. The Morgan fingerprint density at radius 1 is 0.982 bits per heavy atom. The number of nitrogens with one attached hydrogen (secondary N) is 1. The summed E-state index contributed by atoms with van der Waals surface area (Å²) in [6.45, 7) is 3.28. The number of ether oxygens (including phenoxy) is 2. The summed E-state index contributed by atoms with van der Waals surface area (Å²) >= 11 is 0. The minimum atomic E-state index is -1.97. The Kier molecular flexibility index (Phi) is 10.8. The van der Waals surface area contributed by atoms with E-state index in [1.807, 2.05) is 31.2 Å². The molecule has 0 spiro atoms. The molecular weight excluding hydrogens is 717 g/mol. The number of esters is 2. The number of rotatable bonds is 12. The van der Waals surface area contributed by atoms with Gasteiger partial charge >= 0.3 is 11.9 Å². The summed E-state index contributed by atoms with van der Waals surface area (Å²) in [5, 5.41) is 16.3. The van der Waals surface area contributed by atoms with E-state index in [0.29, 0.717) is 48.1 Å². The number of anilines is 1. The number of benzene rings is 2. The van der Waals surface area contributed by atoms with Crippen LogP contribution in [-0.2, 0) is 40.1 Å². The second-order valence-electron chi connectivity index (χ2n) is 16.2. The maximum absolute atomic E-state index is 17.3. The zero-order chi connectivity index (χ0) is 39.8. The molecular formula is C44H48FN3O8. The maximum atomic E-state index is 17.3. The average Bonchev–Trinajstić information content (AvgIpc) is 3.53. The van der Waals surface area contributed by atoms with Crippen molar-refractivity contribution in [2.75, 3.05) is 18.5 Å². The lowest BCUT2D eigenvalue weighted by Gasteiger charge is -2.62. The number of nitrogens with zero attached hydrogens (tertiary/aromatic N) is 1. The topological polar surface area (TPSA) is 175 Å². The average molecular weight is 766 g/mol. The Hall–Kier alpha value is -5.07. The number of carbonyl (C=O) groups is 5. The number of aromatic nitrogens is 1. The van der Waals surface area contributed by atoms with Crippen molar-refractivity contribution in [2.24, 2.45) is 34.3 Å². The number of ketones is 2. The molecule has 0 unspecified atom stereocenters. The SMILES string of the molecule is C[C@]12C[C@H](O)[C@@]3(F)[C@@H](CCC4=CC(=O)C=C[C@@]43C)[C@@H]1CC[C@@H]2C(=O)COC(=O)CCC(=O)OCc1ccc([C@@H](CN)C(=O)Nc2ccc3cnccc3c2)cc1. The van der Waals surface area contributed by atoms with Gasteiger partial charge in [-0.2, -0.15) is 0 Å². The molecule has 12 heteroatoms. The first kappa shape index (κ1) is 39.2. The number of alkyl halides is 1. The molecule has 294 valence electrons. The van der Waals surface area contributed by atoms with Gasteiger partial charge in [0.2, 0.25) is 5.91 Å².